The number of aromatic nitrogens is 2. The number of primary sulfonamides is 1. The molecule has 126 valence electrons. The number of rotatable bonds is 6. The molecule has 2 aromatic carbocycles. The summed E-state index contributed by atoms with van der Waals surface area (Å²) in [5.41, 5.74) is 2.81. The molecule has 0 amide bonds. The van der Waals surface area contributed by atoms with E-state index in [0.717, 1.165) is 29.4 Å². The molecular formula is C17H19N3O2S2. The molecule has 24 heavy (non-hydrogen) atoms. The highest BCUT2D eigenvalue weighted by molar-refractivity contribution is 7.98. The molecule has 0 bridgehead atoms. The zero-order valence-electron chi connectivity index (χ0n) is 13.3. The van der Waals surface area contributed by atoms with Crippen molar-refractivity contribution in [2.75, 3.05) is 0 Å². The number of hydrogen-bond donors (Lipinski definition) is 1. The normalized spacial score (nSPS) is 11.9. The Balaban J connectivity index is 1.98. The number of aryl methyl sites for hydroxylation is 1. The maximum absolute atomic E-state index is 11.5. The van der Waals surface area contributed by atoms with E-state index in [1.807, 2.05) is 18.2 Å². The van der Waals surface area contributed by atoms with E-state index in [-0.39, 0.29) is 4.90 Å². The van der Waals surface area contributed by atoms with Gasteiger partial charge < -0.3 is 4.57 Å². The lowest BCUT2D eigenvalue weighted by atomic mass is 10.2. The first kappa shape index (κ1) is 17.0. The van der Waals surface area contributed by atoms with Gasteiger partial charge in [0.2, 0.25) is 10.0 Å². The van der Waals surface area contributed by atoms with Gasteiger partial charge in [-0.1, -0.05) is 49.0 Å². The van der Waals surface area contributed by atoms with Crippen molar-refractivity contribution in [2.45, 2.75) is 35.7 Å². The molecule has 0 aliphatic heterocycles. The highest BCUT2D eigenvalue weighted by atomic mass is 32.2. The third-order valence-electron chi connectivity index (χ3n) is 3.67. The average molecular weight is 361 g/mol. The van der Waals surface area contributed by atoms with Crippen LogP contribution in [0.2, 0.25) is 0 Å². The van der Waals surface area contributed by atoms with E-state index in [9.17, 15) is 8.42 Å². The van der Waals surface area contributed by atoms with Crippen molar-refractivity contribution in [1.82, 2.24) is 9.55 Å². The Morgan fingerprint density at radius 3 is 2.58 bits per heavy atom. The lowest BCUT2D eigenvalue weighted by Gasteiger charge is -2.07. The maximum atomic E-state index is 11.5. The molecule has 0 unspecified atom stereocenters. The van der Waals surface area contributed by atoms with Crippen LogP contribution in [0, 0.1) is 0 Å². The molecule has 3 aromatic rings. The van der Waals surface area contributed by atoms with Crippen molar-refractivity contribution in [2.24, 2.45) is 5.14 Å². The lowest BCUT2D eigenvalue weighted by Crippen LogP contribution is -2.11. The van der Waals surface area contributed by atoms with E-state index in [0.29, 0.717) is 5.52 Å². The van der Waals surface area contributed by atoms with Crippen LogP contribution in [0.4, 0.5) is 0 Å². The van der Waals surface area contributed by atoms with E-state index >= 15 is 0 Å². The molecule has 2 N–H and O–H groups in total. The highest BCUT2D eigenvalue weighted by Gasteiger charge is 2.15. The van der Waals surface area contributed by atoms with Gasteiger partial charge in [0.15, 0.2) is 5.16 Å². The maximum Gasteiger partial charge on any atom is 0.238 e. The van der Waals surface area contributed by atoms with E-state index in [1.54, 1.807) is 23.9 Å². The minimum absolute atomic E-state index is 0.0933. The van der Waals surface area contributed by atoms with Crippen molar-refractivity contribution in [3.8, 4) is 0 Å². The van der Waals surface area contributed by atoms with Gasteiger partial charge in [0.05, 0.1) is 15.9 Å². The van der Waals surface area contributed by atoms with Crippen molar-refractivity contribution >= 4 is 32.8 Å². The Labute approximate surface area is 145 Å². The summed E-state index contributed by atoms with van der Waals surface area (Å²) in [5.74, 6) is 0.815. The first-order valence-corrected chi connectivity index (χ1v) is 10.2. The number of sulfonamides is 1. The number of benzene rings is 2. The number of fused-ring (bicyclic) bond motifs is 1. The Morgan fingerprint density at radius 2 is 1.92 bits per heavy atom. The van der Waals surface area contributed by atoms with Crippen molar-refractivity contribution in [3.05, 3.63) is 54.1 Å². The first-order valence-electron chi connectivity index (χ1n) is 7.69. The summed E-state index contributed by atoms with van der Waals surface area (Å²) in [6, 6.07) is 15.1. The van der Waals surface area contributed by atoms with Gasteiger partial charge in [0.1, 0.15) is 0 Å². The van der Waals surface area contributed by atoms with E-state index in [4.69, 9.17) is 5.14 Å². The molecular weight excluding hydrogens is 342 g/mol. The largest absolute Gasteiger partial charge is 0.319 e. The summed E-state index contributed by atoms with van der Waals surface area (Å²) in [4.78, 5) is 4.72. The van der Waals surface area contributed by atoms with Gasteiger partial charge in [-0.15, -0.1) is 0 Å². The fourth-order valence-electron chi connectivity index (χ4n) is 2.54. The smallest absolute Gasteiger partial charge is 0.238 e. The van der Waals surface area contributed by atoms with Crippen LogP contribution >= 0.6 is 11.8 Å². The molecule has 0 aliphatic rings. The van der Waals surface area contributed by atoms with E-state index in [2.05, 4.69) is 28.6 Å². The Hall–Kier alpha value is -1.83. The number of thioether (sulfide) groups is 1. The summed E-state index contributed by atoms with van der Waals surface area (Å²) >= 11 is 1.65. The number of hydrogen-bond acceptors (Lipinski definition) is 4. The van der Waals surface area contributed by atoms with Gasteiger partial charge in [-0.3, -0.25) is 0 Å². The Bertz CT molecular complexity index is 951. The summed E-state index contributed by atoms with van der Waals surface area (Å²) in [6.07, 6.45) is 0.974. The highest BCUT2D eigenvalue weighted by Crippen LogP contribution is 2.28. The van der Waals surface area contributed by atoms with Gasteiger partial charge in [0.25, 0.3) is 0 Å². The molecule has 0 spiro atoms. The molecule has 0 radical (unpaired) electrons. The molecule has 0 atom stereocenters. The number of imidazole rings is 1. The fourth-order valence-corrected chi connectivity index (χ4v) is 4.07. The van der Waals surface area contributed by atoms with E-state index in [1.165, 1.54) is 11.6 Å². The molecule has 1 aromatic heterocycles. The van der Waals surface area contributed by atoms with Crippen LogP contribution in [-0.4, -0.2) is 18.0 Å². The molecule has 5 nitrogen and oxygen atoms in total. The van der Waals surface area contributed by atoms with Crippen molar-refractivity contribution in [1.29, 1.82) is 0 Å². The third kappa shape index (κ3) is 3.63. The van der Waals surface area contributed by atoms with Crippen LogP contribution in [0.3, 0.4) is 0 Å². The average Bonchev–Trinajstić information content (AvgIpc) is 2.91. The number of nitrogens with zero attached hydrogens (tertiary/aromatic N) is 2. The topological polar surface area (TPSA) is 78.0 Å². The van der Waals surface area contributed by atoms with Crippen LogP contribution in [0.25, 0.3) is 11.0 Å². The van der Waals surface area contributed by atoms with Crippen molar-refractivity contribution < 1.29 is 8.42 Å². The molecule has 0 saturated carbocycles. The van der Waals surface area contributed by atoms with Gasteiger partial charge in [-0.05, 0) is 30.2 Å². The second-order valence-electron chi connectivity index (χ2n) is 5.52. The lowest BCUT2D eigenvalue weighted by molar-refractivity contribution is 0.598. The van der Waals surface area contributed by atoms with Gasteiger partial charge in [-0.25, -0.2) is 18.5 Å². The number of nitrogens with two attached hydrogens (primary N) is 1. The molecule has 0 saturated heterocycles. The third-order valence-corrected chi connectivity index (χ3v) is 5.63. The summed E-state index contributed by atoms with van der Waals surface area (Å²) in [5, 5.41) is 6.11. The fraction of sp³-hybridized carbons (Fsp3) is 0.235. The quantitative estimate of drug-likeness (QED) is 0.683. The van der Waals surface area contributed by atoms with Crippen LogP contribution in [0.15, 0.2) is 58.6 Å². The second kappa shape index (κ2) is 6.96. The Kier molecular flexibility index (Phi) is 4.93. The van der Waals surface area contributed by atoms with E-state index < -0.39 is 10.0 Å². The summed E-state index contributed by atoms with van der Waals surface area (Å²) in [6.45, 7) is 2.94. The summed E-state index contributed by atoms with van der Waals surface area (Å²) < 4.78 is 25.2. The molecule has 7 heteroatoms. The second-order valence-corrected chi connectivity index (χ2v) is 8.02. The van der Waals surface area contributed by atoms with Gasteiger partial charge in [-0.2, -0.15) is 0 Å². The predicted octanol–water partition coefficient (Wildman–Crippen LogP) is 3.39. The SMILES string of the molecule is CCCn1c(SCc2ccccc2)nc2cc(S(N)(=O)=O)ccc21. The van der Waals surface area contributed by atoms with Crippen molar-refractivity contribution in [3.63, 3.8) is 0 Å². The minimum atomic E-state index is -3.72. The van der Waals surface area contributed by atoms with Gasteiger partial charge >= 0.3 is 0 Å². The first-order chi connectivity index (χ1) is 11.5. The monoisotopic (exact) mass is 361 g/mol. The molecule has 1 heterocycles. The Morgan fingerprint density at radius 1 is 1.17 bits per heavy atom. The summed E-state index contributed by atoms with van der Waals surface area (Å²) in [7, 11) is -3.72. The van der Waals surface area contributed by atoms with Gasteiger partial charge in [0, 0.05) is 12.3 Å². The zero-order valence-corrected chi connectivity index (χ0v) is 15.0. The minimum Gasteiger partial charge on any atom is -0.319 e. The standard InChI is InChI=1S/C17H19N3O2S2/c1-2-10-20-16-9-8-14(24(18,21)22)11-15(16)19-17(20)23-12-13-6-4-3-5-7-13/h3-9,11H,2,10,12H2,1H3,(H2,18,21,22). The van der Waals surface area contributed by atoms with Crippen LogP contribution in [0.5, 0.6) is 0 Å². The molecule has 0 fully saturated rings. The predicted molar refractivity (Wildman–Crippen MR) is 97.4 cm³/mol. The zero-order chi connectivity index (χ0) is 17.2. The van der Waals surface area contributed by atoms with Crippen LogP contribution in [0.1, 0.15) is 18.9 Å². The molecule has 3 rings (SSSR count). The van der Waals surface area contributed by atoms with Crippen LogP contribution in [-0.2, 0) is 22.3 Å². The van der Waals surface area contributed by atoms with Crippen LogP contribution < -0.4 is 5.14 Å². The molecule has 0 aliphatic carbocycles.